The number of aromatic nitrogens is 1. The largest absolute Gasteiger partial charge is 0.480 e. The van der Waals surface area contributed by atoms with E-state index in [-0.39, 0.29) is 25.2 Å². The number of carbonyl (C=O) groups excluding carboxylic acids is 1. The van der Waals surface area contributed by atoms with E-state index in [0.29, 0.717) is 19.4 Å². The Kier molecular flexibility index (Phi) is 8.67. The summed E-state index contributed by atoms with van der Waals surface area (Å²) < 4.78 is 4.93. The number of amides is 1. The van der Waals surface area contributed by atoms with Crippen LogP contribution in [0.4, 0.5) is 0 Å². The number of nitrogens with zero attached hydrogens (tertiary/aromatic N) is 2. The number of ether oxygens (including phenoxy) is 1. The maximum absolute atomic E-state index is 12.2. The van der Waals surface area contributed by atoms with Gasteiger partial charge in [0.25, 0.3) is 0 Å². The molecule has 0 aliphatic carbocycles. The minimum atomic E-state index is -1.01. The summed E-state index contributed by atoms with van der Waals surface area (Å²) in [5.74, 6) is -0.930. The Morgan fingerprint density at radius 3 is 2.89 bits per heavy atom. The highest BCUT2D eigenvalue weighted by atomic mass is 16.5. The highest BCUT2D eigenvalue weighted by Crippen LogP contribution is 2.19. The van der Waals surface area contributed by atoms with Gasteiger partial charge >= 0.3 is 5.97 Å². The van der Waals surface area contributed by atoms with E-state index in [2.05, 4.69) is 4.98 Å². The second kappa shape index (κ2) is 11.3. The predicted octanol–water partition coefficient (Wildman–Crippen LogP) is 1.58. The van der Waals surface area contributed by atoms with E-state index in [1.807, 2.05) is 18.2 Å². The fourth-order valence-electron chi connectivity index (χ4n) is 2.94. The zero-order chi connectivity index (χ0) is 19.5. The van der Waals surface area contributed by atoms with E-state index in [0.717, 1.165) is 18.4 Å². The molecule has 0 saturated carbocycles. The van der Waals surface area contributed by atoms with Crippen molar-refractivity contribution in [2.24, 2.45) is 0 Å². The molecule has 2 heterocycles. The SMILES string of the molecule is O=C(O)COC/C=C\CN1C(=O)CCC[C@@H]1/C=C/C(O)Cc1ccncc1. The van der Waals surface area contributed by atoms with Gasteiger partial charge in [-0.05, 0) is 30.5 Å². The van der Waals surface area contributed by atoms with Gasteiger partial charge in [-0.25, -0.2) is 4.79 Å². The predicted molar refractivity (Wildman–Crippen MR) is 100 cm³/mol. The number of aliphatic hydroxyl groups excluding tert-OH is 1. The fraction of sp³-hybridized carbons (Fsp3) is 0.450. The Morgan fingerprint density at radius 1 is 1.37 bits per heavy atom. The lowest BCUT2D eigenvalue weighted by Gasteiger charge is -2.33. The van der Waals surface area contributed by atoms with Crippen LogP contribution in [-0.2, 0) is 20.7 Å². The van der Waals surface area contributed by atoms with Gasteiger partial charge in [0.2, 0.25) is 5.91 Å². The zero-order valence-electron chi connectivity index (χ0n) is 15.2. The van der Waals surface area contributed by atoms with Gasteiger partial charge in [0.1, 0.15) is 6.61 Å². The van der Waals surface area contributed by atoms with Crippen LogP contribution in [0.2, 0.25) is 0 Å². The van der Waals surface area contributed by atoms with Crippen molar-refractivity contribution < 1.29 is 24.5 Å². The Labute approximate surface area is 159 Å². The molecule has 7 nitrogen and oxygen atoms in total. The summed E-state index contributed by atoms with van der Waals surface area (Å²) >= 11 is 0. The third kappa shape index (κ3) is 7.72. The first-order valence-corrected chi connectivity index (χ1v) is 9.05. The lowest BCUT2D eigenvalue weighted by molar-refractivity contribution is -0.141. The van der Waals surface area contributed by atoms with Gasteiger partial charge in [-0.15, -0.1) is 0 Å². The minimum Gasteiger partial charge on any atom is -0.480 e. The maximum atomic E-state index is 12.2. The van der Waals surface area contributed by atoms with Crippen molar-refractivity contribution in [3.8, 4) is 0 Å². The number of likely N-dealkylation sites (tertiary alicyclic amines) is 1. The number of rotatable bonds is 10. The van der Waals surface area contributed by atoms with Gasteiger partial charge < -0.3 is 19.8 Å². The molecule has 27 heavy (non-hydrogen) atoms. The Balaban J connectivity index is 1.85. The third-order valence-electron chi connectivity index (χ3n) is 4.27. The molecular formula is C20H26N2O5. The second-order valence-corrected chi connectivity index (χ2v) is 6.40. The van der Waals surface area contributed by atoms with Crippen molar-refractivity contribution in [3.63, 3.8) is 0 Å². The van der Waals surface area contributed by atoms with Crippen molar-refractivity contribution in [1.29, 1.82) is 0 Å². The molecule has 2 N–H and O–H groups in total. The van der Waals surface area contributed by atoms with Gasteiger partial charge in [-0.3, -0.25) is 9.78 Å². The van der Waals surface area contributed by atoms with Crippen LogP contribution in [0.25, 0.3) is 0 Å². The van der Waals surface area contributed by atoms with Crippen LogP contribution in [0.15, 0.2) is 48.8 Å². The van der Waals surface area contributed by atoms with Gasteiger partial charge in [-0.2, -0.15) is 0 Å². The normalized spacial score (nSPS) is 19.1. The number of hydrogen-bond donors (Lipinski definition) is 2. The first kappa shape index (κ1) is 20.8. The van der Waals surface area contributed by atoms with Crippen LogP contribution >= 0.6 is 0 Å². The molecule has 2 rings (SSSR count). The molecule has 1 fully saturated rings. The number of aliphatic carboxylic acids is 1. The topological polar surface area (TPSA) is 100.0 Å². The molecule has 1 aromatic rings. The van der Waals surface area contributed by atoms with Gasteiger partial charge in [0.05, 0.1) is 18.8 Å². The summed E-state index contributed by atoms with van der Waals surface area (Å²) in [6.07, 6.45) is 12.6. The Hall–Kier alpha value is -2.51. The summed E-state index contributed by atoms with van der Waals surface area (Å²) in [4.78, 5) is 28.3. The highest BCUT2D eigenvalue weighted by Gasteiger charge is 2.25. The van der Waals surface area contributed by atoms with Crippen LogP contribution in [0, 0.1) is 0 Å². The average molecular weight is 374 g/mol. The Morgan fingerprint density at radius 2 is 2.15 bits per heavy atom. The van der Waals surface area contributed by atoms with Crippen LogP contribution in [0.1, 0.15) is 24.8 Å². The molecule has 1 aromatic heterocycles. The first-order chi connectivity index (χ1) is 13.1. The average Bonchev–Trinajstić information content (AvgIpc) is 2.65. The Bertz CT molecular complexity index is 660. The number of piperidine rings is 1. The number of aliphatic hydroxyl groups is 1. The molecule has 0 spiro atoms. The monoisotopic (exact) mass is 374 g/mol. The number of pyridine rings is 1. The minimum absolute atomic E-state index is 0.0528. The molecule has 2 atom stereocenters. The van der Waals surface area contributed by atoms with Crippen molar-refractivity contribution in [1.82, 2.24) is 9.88 Å². The highest BCUT2D eigenvalue weighted by molar-refractivity contribution is 5.77. The molecule has 0 bridgehead atoms. The van der Waals surface area contributed by atoms with Gasteiger partial charge in [-0.1, -0.05) is 24.3 Å². The van der Waals surface area contributed by atoms with Crippen LogP contribution in [-0.4, -0.2) is 63.9 Å². The van der Waals surface area contributed by atoms with E-state index in [1.54, 1.807) is 35.5 Å². The smallest absolute Gasteiger partial charge is 0.329 e. The summed E-state index contributed by atoms with van der Waals surface area (Å²) in [5, 5.41) is 18.7. The van der Waals surface area contributed by atoms with E-state index in [4.69, 9.17) is 9.84 Å². The lowest BCUT2D eigenvalue weighted by atomic mass is 9.99. The molecular weight excluding hydrogens is 348 g/mol. The third-order valence-corrected chi connectivity index (χ3v) is 4.27. The molecule has 7 heteroatoms. The van der Waals surface area contributed by atoms with Crippen molar-refractivity contribution in [2.45, 2.75) is 37.8 Å². The van der Waals surface area contributed by atoms with E-state index >= 15 is 0 Å². The number of carboxylic acid groups (broad SMARTS) is 1. The summed E-state index contributed by atoms with van der Waals surface area (Å²) in [5.41, 5.74) is 1.00. The summed E-state index contributed by atoms with van der Waals surface area (Å²) in [6, 6.07) is 3.68. The van der Waals surface area contributed by atoms with Crippen molar-refractivity contribution in [3.05, 3.63) is 54.4 Å². The molecule has 1 unspecified atom stereocenters. The van der Waals surface area contributed by atoms with E-state index in [1.165, 1.54) is 0 Å². The molecule has 146 valence electrons. The van der Waals surface area contributed by atoms with Gasteiger partial charge in [0, 0.05) is 31.8 Å². The van der Waals surface area contributed by atoms with Crippen molar-refractivity contribution >= 4 is 11.9 Å². The standard InChI is InChI=1S/C20H26N2O5/c23-18(14-16-8-10-21-11-9-16)7-6-17-4-3-5-19(24)22(17)12-1-2-13-27-15-20(25)26/h1-2,6-11,17-18,23H,3-5,12-15H2,(H,25,26)/b2-1-,7-6+/t17-,18?/m1/s1. The number of carbonyl (C=O) groups is 2. The zero-order valence-corrected chi connectivity index (χ0v) is 15.2. The van der Waals surface area contributed by atoms with Crippen LogP contribution in [0.3, 0.4) is 0 Å². The number of hydrogen-bond acceptors (Lipinski definition) is 5. The molecule has 1 saturated heterocycles. The molecule has 0 radical (unpaired) electrons. The molecule has 1 aliphatic heterocycles. The van der Waals surface area contributed by atoms with Crippen LogP contribution < -0.4 is 0 Å². The molecule has 0 aromatic carbocycles. The van der Waals surface area contributed by atoms with Gasteiger partial charge in [0.15, 0.2) is 0 Å². The quantitative estimate of drug-likeness (QED) is 0.476. The second-order valence-electron chi connectivity index (χ2n) is 6.40. The fourth-order valence-corrected chi connectivity index (χ4v) is 2.94. The first-order valence-electron chi connectivity index (χ1n) is 9.05. The van der Waals surface area contributed by atoms with Crippen LogP contribution in [0.5, 0.6) is 0 Å². The van der Waals surface area contributed by atoms with Crippen molar-refractivity contribution in [2.75, 3.05) is 19.8 Å². The lowest BCUT2D eigenvalue weighted by Crippen LogP contribution is -2.42. The molecule has 1 aliphatic rings. The van der Waals surface area contributed by atoms with E-state index in [9.17, 15) is 14.7 Å². The molecule has 1 amide bonds. The number of carboxylic acids is 1. The van der Waals surface area contributed by atoms with E-state index < -0.39 is 12.1 Å². The summed E-state index contributed by atoms with van der Waals surface area (Å²) in [6.45, 7) is 0.290. The maximum Gasteiger partial charge on any atom is 0.329 e. The summed E-state index contributed by atoms with van der Waals surface area (Å²) in [7, 11) is 0.